The summed E-state index contributed by atoms with van der Waals surface area (Å²) in [5.74, 6) is 0.344. The Morgan fingerprint density at radius 1 is 1.24 bits per heavy atom. The number of guanidine groups is 1. The molecule has 1 aromatic heterocycles. The number of aromatic nitrogens is 1. The predicted molar refractivity (Wildman–Crippen MR) is 102 cm³/mol. The minimum atomic E-state index is -0.210. The predicted octanol–water partition coefficient (Wildman–Crippen LogP) is 1.99. The lowest BCUT2D eigenvalue weighted by Gasteiger charge is -2.36. The molecule has 3 rings (SSSR count). The largest absolute Gasteiger partial charge is 0.370 e. The maximum atomic E-state index is 13.0. The Hall–Kier alpha value is -2.35. The van der Waals surface area contributed by atoms with Gasteiger partial charge in [-0.3, -0.25) is 0 Å². The summed E-state index contributed by atoms with van der Waals surface area (Å²) in [4.78, 5) is 15.3. The molecule has 2 heterocycles. The molecule has 0 amide bonds. The molecule has 1 saturated heterocycles. The lowest BCUT2D eigenvalue weighted by atomic mass is 10.2. The molecule has 0 unspecified atom stereocenters. The van der Waals surface area contributed by atoms with E-state index in [2.05, 4.69) is 19.8 Å². The van der Waals surface area contributed by atoms with Gasteiger partial charge < -0.3 is 20.4 Å². The first kappa shape index (κ1) is 17.5. The monoisotopic (exact) mass is 362 g/mol. The first-order chi connectivity index (χ1) is 12.0. The molecule has 0 saturated carbocycles. The highest BCUT2D eigenvalue weighted by atomic mass is 32.1. The van der Waals surface area contributed by atoms with Crippen molar-refractivity contribution in [3.8, 4) is 0 Å². The van der Waals surface area contributed by atoms with Gasteiger partial charge in [-0.2, -0.15) is 0 Å². The average Bonchev–Trinajstić information content (AvgIpc) is 3.10. The summed E-state index contributed by atoms with van der Waals surface area (Å²) in [5, 5.41) is 2.98. The zero-order valence-corrected chi connectivity index (χ0v) is 15.3. The van der Waals surface area contributed by atoms with Gasteiger partial charge in [0, 0.05) is 51.3 Å². The van der Waals surface area contributed by atoms with Gasteiger partial charge in [0.15, 0.2) is 11.1 Å². The van der Waals surface area contributed by atoms with Gasteiger partial charge in [-0.1, -0.05) is 0 Å². The average molecular weight is 362 g/mol. The molecular formula is C17H23FN6S. The maximum Gasteiger partial charge on any atom is 0.191 e. The van der Waals surface area contributed by atoms with Gasteiger partial charge in [0.2, 0.25) is 0 Å². The molecule has 0 bridgehead atoms. The van der Waals surface area contributed by atoms with Crippen molar-refractivity contribution in [2.75, 3.05) is 50.1 Å². The Labute approximate surface area is 151 Å². The van der Waals surface area contributed by atoms with Gasteiger partial charge in [-0.15, -0.1) is 11.3 Å². The molecule has 8 heteroatoms. The smallest absolute Gasteiger partial charge is 0.191 e. The van der Waals surface area contributed by atoms with E-state index in [-0.39, 0.29) is 5.82 Å². The van der Waals surface area contributed by atoms with Crippen molar-refractivity contribution < 1.29 is 4.39 Å². The van der Waals surface area contributed by atoms with Crippen molar-refractivity contribution in [3.05, 3.63) is 41.2 Å². The number of aliphatic imine (C=N–C) groups is 1. The second-order valence-corrected chi connectivity index (χ2v) is 6.98. The number of benzene rings is 1. The lowest BCUT2D eigenvalue weighted by Crippen LogP contribution is -2.51. The highest BCUT2D eigenvalue weighted by Crippen LogP contribution is 2.19. The van der Waals surface area contributed by atoms with E-state index in [1.807, 2.05) is 36.5 Å². The Bertz CT molecular complexity index is 719. The zero-order chi connectivity index (χ0) is 17.8. The van der Waals surface area contributed by atoms with E-state index in [4.69, 9.17) is 5.73 Å². The van der Waals surface area contributed by atoms with E-state index in [9.17, 15) is 4.39 Å². The summed E-state index contributed by atoms with van der Waals surface area (Å²) < 4.78 is 13.0. The number of nitrogens with zero attached hydrogens (tertiary/aromatic N) is 5. The Morgan fingerprint density at radius 3 is 2.52 bits per heavy atom. The number of nitrogens with two attached hydrogens (primary N) is 1. The molecule has 0 aliphatic carbocycles. The first-order valence-electron chi connectivity index (χ1n) is 8.20. The third-order valence-electron chi connectivity index (χ3n) is 4.12. The topological polar surface area (TPSA) is 61.0 Å². The van der Waals surface area contributed by atoms with E-state index in [1.165, 1.54) is 12.1 Å². The summed E-state index contributed by atoms with van der Waals surface area (Å²) in [7, 11) is 3.95. The number of piperazine rings is 1. The molecule has 1 aliphatic rings. The summed E-state index contributed by atoms with van der Waals surface area (Å²) in [6.07, 6.45) is 0. The Kier molecular flexibility index (Phi) is 5.37. The van der Waals surface area contributed by atoms with E-state index >= 15 is 0 Å². The molecule has 0 atom stereocenters. The van der Waals surface area contributed by atoms with Crippen molar-refractivity contribution >= 4 is 28.1 Å². The number of hydrogen-bond acceptors (Lipinski definition) is 5. The molecule has 2 aromatic rings. The summed E-state index contributed by atoms with van der Waals surface area (Å²) in [5.41, 5.74) is 8.11. The SMILES string of the molecule is CN(C)c1nc(CN=C(N)N2CCN(c3ccc(F)cc3)CC2)cs1. The van der Waals surface area contributed by atoms with E-state index in [0.717, 1.165) is 42.7 Å². The van der Waals surface area contributed by atoms with Gasteiger partial charge in [0.25, 0.3) is 0 Å². The minimum absolute atomic E-state index is 0.210. The molecule has 1 fully saturated rings. The van der Waals surface area contributed by atoms with Gasteiger partial charge in [0.05, 0.1) is 12.2 Å². The van der Waals surface area contributed by atoms with Crippen LogP contribution in [0.4, 0.5) is 15.2 Å². The fraction of sp³-hybridized carbons (Fsp3) is 0.412. The first-order valence-corrected chi connectivity index (χ1v) is 9.08. The molecule has 6 nitrogen and oxygen atoms in total. The third-order valence-corrected chi connectivity index (χ3v) is 5.18. The molecule has 0 radical (unpaired) electrons. The number of anilines is 2. The van der Waals surface area contributed by atoms with Crippen molar-refractivity contribution in [3.63, 3.8) is 0 Å². The number of halogens is 1. The van der Waals surface area contributed by atoms with E-state index in [1.54, 1.807) is 11.3 Å². The lowest BCUT2D eigenvalue weighted by molar-refractivity contribution is 0.380. The van der Waals surface area contributed by atoms with Crippen LogP contribution in [0.5, 0.6) is 0 Å². The fourth-order valence-electron chi connectivity index (χ4n) is 2.68. The molecule has 1 aromatic carbocycles. The molecule has 134 valence electrons. The van der Waals surface area contributed by atoms with Crippen LogP contribution in [0.2, 0.25) is 0 Å². The van der Waals surface area contributed by atoms with Crippen molar-refractivity contribution in [2.24, 2.45) is 10.7 Å². The van der Waals surface area contributed by atoms with Crippen molar-refractivity contribution in [2.45, 2.75) is 6.54 Å². The second kappa shape index (κ2) is 7.69. The summed E-state index contributed by atoms with van der Waals surface area (Å²) >= 11 is 1.60. The highest BCUT2D eigenvalue weighted by molar-refractivity contribution is 7.13. The fourth-order valence-corrected chi connectivity index (χ4v) is 3.43. The summed E-state index contributed by atoms with van der Waals surface area (Å²) in [6.45, 7) is 3.76. The molecule has 2 N–H and O–H groups in total. The second-order valence-electron chi connectivity index (χ2n) is 6.14. The molecule has 0 spiro atoms. The maximum absolute atomic E-state index is 13.0. The van der Waals surface area contributed by atoms with Crippen molar-refractivity contribution in [1.82, 2.24) is 9.88 Å². The van der Waals surface area contributed by atoms with Gasteiger partial charge in [-0.05, 0) is 24.3 Å². The summed E-state index contributed by atoms with van der Waals surface area (Å²) in [6, 6.07) is 6.61. The zero-order valence-electron chi connectivity index (χ0n) is 14.5. The van der Waals surface area contributed by atoms with Gasteiger partial charge in [-0.25, -0.2) is 14.4 Å². The minimum Gasteiger partial charge on any atom is -0.370 e. The van der Waals surface area contributed by atoms with Crippen LogP contribution in [0.3, 0.4) is 0 Å². The molecular weight excluding hydrogens is 339 g/mol. The van der Waals surface area contributed by atoms with Crippen LogP contribution in [0.25, 0.3) is 0 Å². The highest BCUT2D eigenvalue weighted by Gasteiger charge is 2.18. The van der Waals surface area contributed by atoms with Gasteiger partial charge in [0.1, 0.15) is 5.82 Å². The normalized spacial score (nSPS) is 15.6. The quantitative estimate of drug-likeness (QED) is 0.666. The number of rotatable bonds is 4. The van der Waals surface area contributed by atoms with Crippen LogP contribution < -0.4 is 15.5 Å². The number of hydrogen-bond donors (Lipinski definition) is 1. The molecule has 25 heavy (non-hydrogen) atoms. The van der Waals surface area contributed by atoms with Crippen LogP contribution in [0.15, 0.2) is 34.6 Å². The van der Waals surface area contributed by atoms with Crippen LogP contribution in [0.1, 0.15) is 5.69 Å². The van der Waals surface area contributed by atoms with Crippen LogP contribution in [-0.2, 0) is 6.54 Å². The standard InChI is InChI=1S/C17H23FN6S/c1-22(2)17-21-14(12-25-17)11-20-16(19)24-9-7-23(8-10-24)15-5-3-13(18)4-6-15/h3-6,12H,7-11H2,1-2H3,(H2,19,20). The van der Waals surface area contributed by atoms with Crippen LogP contribution in [0, 0.1) is 5.82 Å². The molecule has 1 aliphatic heterocycles. The third kappa shape index (κ3) is 4.39. The Morgan fingerprint density at radius 2 is 1.92 bits per heavy atom. The Balaban J connectivity index is 1.53. The van der Waals surface area contributed by atoms with E-state index in [0.29, 0.717) is 12.5 Å². The number of thiazole rings is 1. The van der Waals surface area contributed by atoms with Gasteiger partial charge >= 0.3 is 0 Å². The van der Waals surface area contributed by atoms with Crippen LogP contribution >= 0.6 is 11.3 Å². The van der Waals surface area contributed by atoms with Crippen molar-refractivity contribution in [1.29, 1.82) is 0 Å². The van der Waals surface area contributed by atoms with Crippen LogP contribution in [-0.4, -0.2) is 56.1 Å². The van der Waals surface area contributed by atoms with E-state index < -0.39 is 0 Å².